The van der Waals surface area contributed by atoms with Crippen molar-refractivity contribution >= 4 is 0 Å². The van der Waals surface area contributed by atoms with Gasteiger partial charge in [0.2, 0.25) is 0 Å². The first-order chi connectivity index (χ1) is 6.09. The van der Waals surface area contributed by atoms with E-state index in [-0.39, 0.29) is 11.5 Å². The quantitative estimate of drug-likeness (QED) is 0.700. The molecule has 0 aliphatic heterocycles. The Morgan fingerprint density at radius 1 is 0.923 bits per heavy atom. The summed E-state index contributed by atoms with van der Waals surface area (Å²) in [6, 6.07) is 4.64. The third-order valence-corrected chi connectivity index (χ3v) is 1.59. The van der Waals surface area contributed by atoms with Crippen molar-refractivity contribution in [1.29, 1.82) is 0 Å². The third kappa shape index (κ3) is 3.83. The van der Waals surface area contributed by atoms with Crippen LogP contribution in [-0.2, 0) is 0 Å². The molecule has 0 unspecified atom stereocenters. The second kappa shape index (κ2) is 5.46. The molecular weight excluding hydrogens is 164 g/mol. The Morgan fingerprint density at radius 3 is 1.62 bits per heavy atom. The molecule has 1 aromatic carbocycles. The van der Waals surface area contributed by atoms with Gasteiger partial charge < -0.3 is 10.2 Å². The van der Waals surface area contributed by atoms with Gasteiger partial charge in [0.05, 0.1) is 0 Å². The molecule has 0 spiro atoms. The van der Waals surface area contributed by atoms with Crippen LogP contribution in [0, 0.1) is 0 Å². The molecule has 0 atom stereocenters. The van der Waals surface area contributed by atoms with Crippen molar-refractivity contribution in [3.8, 4) is 11.5 Å². The van der Waals surface area contributed by atoms with Crippen LogP contribution in [0.5, 0.6) is 11.5 Å². The topological polar surface area (TPSA) is 40.5 Å². The Labute approximate surface area is 79.9 Å². The van der Waals surface area contributed by atoms with Gasteiger partial charge in [0, 0.05) is 6.07 Å². The van der Waals surface area contributed by atoms with Crippen LogP contribution in [0.15, 0.2) is 18.2 Å². The van der Waals surface area contributed by atoms with Gasteiger partial charge in [0.25, 0.3) is 0 Å². The molecule has 2 heteroatoms. The summed E-state index contributed by atoms with van der Waals surface area (Å²) in [4.78, 5) is 0. The second-order valence-corrected chi connectivity index (χ2v) is 2.94. The van der Waals surface area contributed by atoms with Crippen LogP contribution in [-0.4, -0.2) is 10.2 Å². The Bertz CT molecular complexity index is 234. The zero-order valence-electron chi connectivity index (χ0n) is 8.70. The molecule has 0 saturated heterocycles. The van der Waals surface area contributed by atoms with Gasteiger partial charge >= 0.3 is 0 Å². The van der Waals surface area contributed by atoms with Crippen LogP contribution < -0.4 is 0 Å². The van der Waals surface area contributed by atoms with Crippen molar-refractivity contribution < 1.29 is 10.2 Å². The van der Waals surface area contributed by atoms with E-state index in [2.05, 4.69) is 0 Å². The minimum Gasteiger partial charge on any atom is -0.508 e. The fraction of sp³-hybridized carbons (Fsp3) is 0.455. The summed E-state index contributed by atoms with van der Waals surface area (Å²) in [6.45, 7) is 8.02. The number of benzene rings is 1. The van der Waals surface area contributed by atoms with Gasteiger partial charge in [-0.2, -0.15) is 0 Å². The van der Waals surface area contributed by atoms with E-state index in [9.17, 15) is 0 Å². The van der Waals surface area contributed by atoms with E-state index in [0.717, 1.165) is 5.56 Å². The van der Waals surface area contributed by atoms with Gasteiger partial charge in [-0.15, -0.1) is 0 Å². The number of hydrogen-bond donors (Lipinski definition) is 2. The van der Waals surface area contributed by atoms with Crippen molar-refractivity contribution in [2.75, 3.05) is 0 Å². The van der Waals surface area contributed by atoms with E-state index < -0.39 is 0 Å². The van der Waals surface area contributed by atoms with Crippen molar-refractivity contribution in [3.63, 3.8) is 0 Å². The standard InChI is InChI=1S/C9H12O2.C2H6/c1-6(2)7-3-8(10)5-9(11)4-7;1-2/h3-6,10-11H,1-2H3;1-2H3. The van der Waals surface area contributed by atoms with Gasteiger partial charge in [-0.05, 0) is 23.6 Å². The molecule has 1 rings (SSSR count). The maximum atomic E-state index is 9.08. The first kappa shape index (κ1) is 11.8. The summed E-state index contributed by atoms with van der Waals surface area (Å²) in [7, 11) is 0. The lowest BCUT2D eigenvalue weighted by molar-refractivity contribution is 0.448. The second-order valence-electron chi connectivity index (χ2n) is 2.94. The summed E-state index contributed by atoms with van der Waals surface area (Å²) in [6.07, 6.45) is 0. The average molecular weight is 182 g/mol. The molecule has 0 heterocycles. The monoisotopic (exact) mass is 182 g/mol. The zero-order chi connectivity index (χ0) is 10.4. The molecule has 2 nitrogen and oxygen atoms in total. The molecule has 0 radical (unpaired) electrons. The number of rotatable bonds is 1. The molecule has 74 valence electrons. The summed E-state index contributed by atoms with van der Waals surface area (Å²) in [5.74, 6) is 0.565. The fourth-order valence-electron chi connectivity index (χ4n) is 0.951. The Balaban J connectivity index is 0.000000671. The summed E-state index contributed by atoms with van der Waals surface area (Å²) in [5, 5.41) is 18.2. The van der Waals surface area contributed by atoms with Gasteiger partial charge in [-0.3, -0.25) is 0 Å². The summed E-state index contributed by atoms with van der Waals surface area (Å²) < 4.78 is 0. The zero-order valence-corrected chi connectivity index (χ0v) is 8.70. The molecule has 0 bridgehead atoms. The van der Waals surface area contributed by atoms with Crippen LogP contribution in [0.3, 0.4) is 0 Å². The highest BCUT2D eigenvalue weighted by Gasteiger charge is 2.01. The van der Waals surface area contributed by atoms with E-state index in [1.807, 2.05) is 27.7 Å². The highest BCUT2D eigenvalue weighted by molar-refractivity contribution is 5.37. The molecule has 13 heavy (non-hydrogen) atoms. The highest BCUT2D eigenvalue weighted by atomic mass is 16.3. The SMILES string of the molecule is CC.CC(C)c1cc(O)cc(O)c1. The van der Waals surface area contributed by atoms with Crippen LogP contribution in [0.2, 0.25) is 0 Å². The Morgan fingerprint density at radius 2 is 1.31 bits per heavy atom. The predicted octanol–water partition coefficient (Wildman–Crippen LogP) is 3.25. The van der Waals surface area contributed by atoms with Gasteiger partial charge in [0.1, 0.15) is 11.5 Å². The fourth-order valence-corrected chi connectivity index (χ4v) is 0.951. The van der Waals surface area contributed by atoms with Gasteiger partial charge in [-0.25, -0.2) is 0 Å². The number of hydrogen-bond acceptors (Lipinski definition) is 2. The minimum atomic E-state index is 0.119. The van der Waals surface area contributed by atoms with E-state index in [4.69, 9.17) is 10.2 Å². The predicted molar refractivity (Wildman–Crippen MR) is 55.2 cm³/mol. The lowest BCUT2D eigenvalue weighted by Crippen LogP contribution is -1.85. The molecule has 0 amide bonds. The normalized spacial score (nSPS) is 9.31. The van der Waals surface area contributed by atoms with Crippen molar-refractivity contribution in [2.45, 2.75) is 33.6 Å². The largest absolute Gasteiger partial charge is 0.508 e. The minimum absolute atomic E-state index is 0.119. The van der Waals surface area contributed by atoms with Crippen molar-refractivity contribution in [3.05, 3.63) is 23.8 Å². The van der Waals surface area contributed by atoms with Crippen LogP contribution in [0.25, 0.3) is 0 Å². The van der Waals surface area contributed by atoms with Crippen molar-refractivity contribution in [1.82, 2.24) is 0 Å². The van der Waals surface area contributed by atoms with Crippen molar-refractivity contribution in [2.24, 2.45) is 0 Å². The lowest BCUT2D eigenvalue weighted by atomic mass is 10.0. The number of aromatic hydroxyl groups is 2. The van der Waals surface area contributed by atoms with E-state index >= 15 is 0 Å². The maximum Gasteiger partial charge on any atom is 0.119 e. The molecule has 0 aliphatic rings. The molecule has 0 fully saturated rings. The van der Waals surface area contributed by atoms with Crippen LogP contribution in [0.4, 0.5) is 0 Å². The van der Waals surface area contributed by atoms with E-state index in [0.29, 0.717) is 5.92 Å². The van der Waals surface area contributed by atoms with Crippen LogP contribution >= 0.6 is 0 Å². The molecule has 0 saturated carbocycles. The lowest BCUT2D eigenvalue weighted by Gasteiger charge is -2.05. The molecule has 2 N–H and O–H groups in total. The molecular formula is C11H18O2. The average Bonchev–Trinajstić information content (AvgIpc) is 2.06. The number of phenols is 2. The smallest absolute Gasteiger partial charge is 0.119 e. The summed E-state index contributed by atoms with van der Waals surface area (Å²) >= 11 is 0. The Kier molecular flexibility index (Phi) is 4.97. The number of phenolic OH excluding ortho intramolecular Hbond substituents is 2. The van der Waals surface area contributed by atoms with Gasteiger partial charge in [0.15, 0.2) is 0 Å². The van der Waals surface area contributed by atoms with Gasteiger partial charge in [-0.1, -0.05) is 27.7 Å². The first-order valence-electron chi connectivity index (χ1n) is 4.62. The third-order valence-electron chi connectivity index (χ3n) is 1.59. The van der Waals surface area contributed by atoms with E-state index in [1.165, 1.54) is 6.07 Å². The maximum absolute atomic E-state index is 9.08. The molecule has 0 aliphatic carbocycles. The molecule has 1 aromatic rings. The highest BCUT2D eigenvalue weighted by Crippen LogP contribution is 2.25. The van der Waals surface area contributed by atoms with Crippen LogP contribution in [0.1, 0.15) is 39.2 Å². The van der Waals surface area contributed by atoms with E-state index in [1.54, 1.807) is 12.1 Å². The Hall–Kier alpha value is -1.18. The summed E-state index contributed by atoms with van der Waals surface area (Å²) in [5.41, 5.74) is 0.947. The molecule has 0 aromatic heterocycles. The first-order valence-corrected chi connectivity index (χ1v) is 4.62.